The van der Waals surface area contributed by atoms with Crippen molar-refractivity contribution in [1.29, 1.82) is 0 Å². The van der Waals surface area contributed by atoms with E-state index in [-0.39, 0.29) is 36.8 Å². The second-order valence-corrected chi connectivity index (χ2v) is 9.38. The van der Waals surface area contributed by atoms with Gasteiger partial charge in [0.2, 0.25) is 5.91 Å². The lowest BCUT2D eigenvalue weighted by Gasteiger charge is -2.37. The number of rotatable bonds is 9. The summed E-state index contributed by atoms with van der Waals surface area (Å²) in [5.41, 5.74) is 1.55. The molecule has 2 heterocycles. The van der Waals surface area contributed by atoms with E-state index in [1.54, 1.807) is 64.6 Å². The molecule has 4 rings (SSSR count). The zero-order chi connectivity index (χ0) is 24.8. The van der Waals surface area contributed by atoms with Crippen LogP contribution in [-0.2, 0) is 11.2 Å². The number of carbonyl (C=O) groups is 2. The van der Waals surface area contributed by atoms with Gasteiger partial charge in [0.25, 0.3) is 5.91 Å². The normalized spacial score (nSPS) is 14.8. The highest BCUT2D eigenvalue weighted by Gasteiger charge is 2.33. The number of amides is 2. The standard InChI is InChI=1S/C27H29FN2O4S/c1-3-13-29(27(32)19-5-4-6-22(16-19)33-2)17-26(31)30-14-11-25-23(12-15-35-25)24(30)18-34-21-9-7-20(28)8-10-21/h4-10,12,15-16,24H,3,11,13-14,17-18H2,1-2H3/t24-/m1/s1. The van der Waals surface area contributed by atoms with Gasteiger partial charge < -0.3 is 19.3 Å². The average Bonchev–Trinajstić information content (AvgIpc) is 3.36. The van der Waals surface area contributed by atoms with Crippen LogP contribution in [0.4, 0.5) is 4.39 Å². The second kappa shape index (κ2) is 11.4. The minimum Gasteiger partial charge on any atom is -0.497 e. The van der Waals surface area contributed by atoms with Crippen molar-refractivity contribution in [2.24, 2.45) is 0 Å². The van der Waals surface area contributed by atoms with Gasteiger partial charge in [0.1, 0.15) is 30.5 Å². The molecule has 2 aromatic carbocycles. The summed E-state index contributed by atoms with van der Waals surface area (Å²) < 4.78 is 24.5. The van der Waals surface area contributed by atoms with Crippen molar-refractivity contribution >= 4 is 23.2 Å². The molecule has 1 aliphatic heterocycles. The van der Waals surface area contributed by atoms with Gasteiger partial charge in [-0.05, 0) is 72.3 Å². The first-order chi connectivity index (χ1) is 17.0. The van der Waals surface area contributed by atoms with Crippen molar-refractivity contribution in [2.45, 2.75) is 25.8 Å². The third-order valence-corrected chi connectivity index (χ3v) is 7.06. The molecule has 3 aromatic rings. The van der Waals surface area contributed by atoms with E-state index in [1.165, 1.54) is 17.0 Å². The van der Waals surface area contributed by atoms with Gasteiger partial charge in [-0.1, -0.05) is 13.0 Å². The smallest absolute Gasteiger partial charge is 0.254 e. The molecule has 0 radical (unpaired) electrons. The van der Waals surface area contributed by atoms with E-state index in [0.29, 0.717) is 30.2 Å². The van der Waals surface area contributed by atoms with Crippen LogP contribution in [0.5, 0.6) is 11.5 Å². The van der Waals surface area contributed by atoms with E-state index in [9.17, 15) is 14.0 Å². The summed E-state index contributed by atoms with van der Waals surface area (Å²) in [6.45, 7) is 3.23. The Balaban J connectivity index is 1.51. The number of hydrogen-bond acceptors (Lipinski definition) is 5. The highest BCUT2D eigenvalue weighted by atomic mass is 32.1. The maximum Gasteiger partial charge on any atom is 0.254 e. The first-order valence-electron chi connectivity index (χ1n) is 11.7. The minimum absolute atomic E-state index is 0.0175. The van der Waals surface area contributed by atoms with Gasteiger partial charge >= 0.3 is 0 Å². The second-order valence-electron chi connectivity index (χ2n) is 8.38. The molecule has 0 saturated carbocycles. The topological polar surface area (TPSA) is 59.1 Å². The van der Waals surface area contributed by atoms with E-state index in [1.807, 2.05) is 18.4 Å². The number of hydrogen-bond donors (Lipinski definition) is 0. The summed E-state index contributed by atoms with van der Waals surface area (Å²) in [4.78, 5) is 31.4. The van der Waals surface area contributed by atoms with Crippen LogP contribution in [0.1, 0.15) is 40.2 Å². The molecule has 0 saturated heterocycles. The van der Waals surface area contributed by atoms with Crippen LogP contribution in [0.15, 0.2) is 60.0 Å². The molecule has 184 valence electrons. The molecule has 0 aliphatic carbocycles. The quantitative estimate of drug-likeness (QED) is 0.421. The third-order valence-electron chi connectivity index (χ3n) is 6.06. The minimum atomic E-state index is -0.330. The molecule has 0 unspecified atom stereocenters. The summed E-state index contributed by atoms with van der Waals surface area (Å²) >= 11 is 1.67. The molecule has 0 N–H and O–H groups in total. The third kappa shape index (κ3) is 5.82. The summed E-state index contributed by atoms with van der Waals surface area (Å²) in [6.07, 6.45) is 1.50. The van der Waals surface area contributed by atoms with Crippen LogP contribution in [0.2, 0.25) is 0 Å². The molecular weight excluding hydrogens is 467 g/mol. The molecule has 35 heavy (non-hydrogen) atoms. The summed E-state index contributed by atoms with van der Waals surface area (Å²) in [5, 5.41) is 2.03. The number of fused-ring (bicyclic) bond motifs is 1. The molecular formula is C27H29FN2O4S. The number of ether oxygens (including phenoxy) is 2. The number of methoxy groups -OCH3 is 1. The van der Waals surface area contributed by atoms with E-state index < -0.39 is 0 Å². The van der Waals surface area contributed by atoms with Crippen molar-refractivity contribution in [3.8, 4) is 11.5 Å². The molecule has 6 nitrogen and oxygen atoms in total. The number of thiophene rings is 1. The van der Waals surface area contributed by atoms with Gasteiger partial charge in [0.15, 0.2) is 0 Å². The summed E-state index contributed by atoms with van der Waals surface area (Å²) in [5.74, 6) is 0.481. The highest BCUT2D eigenvalue weighted by Crippen LogP contribution is 2.34. The number of carbonyl (C=O) groups excluding carboxylic acids is 2. The lowest BCUT2D eigenvalue weighted by Crippen LogP contribution is -2.48. The van der Waals surface area contributed by atoms with E-state index in [0.717, 1.165) is 18.4 Å². The molecule has 0 fully saturated rings. The molecule has 8 heteroatoms. The Bertz CT molecular complexity index is 1160. The number of halogens is 1. The van der Waals surface area contributed by atoms with Crippen molar-refractivity contribution in [2.75, 3.05) is 33.4 Å². The van der Waals surface area contributed by atoms with Gasteiger partial charge in [0, 0.05) is 23.5 Å². The molecule has 0 bridgehead atoms. The Labute approximate surface area is 208 Å². The van der Waals surface area contributed by atoms with Crippen molar-refractivity contribution < 1.29 is 23.5 Å². The zero-order valence-electron chi connectivity index (χ0n) is 19.9. The van der Waals surface area contributed by atoms with Gasteiger partial charge in [-0.25, -0.2) is 4.39 Å². The Morgan fingerprint density at radius 2 is 1.94 bits per heavy atom. The first-order valence-corrected chi connectivity index (χ1v) is 12.6. The SMILES string of the molecule is CCCN(CC(=O)N1CCc2sccc2[C@H]1COc1ccc(F)cc1)C(=O)c1cccc(OC)c1. The van der Waals surface area contributed by atoms with Gasteiger partial charge in [0.05, 0.1) is 13.2 Å². The van der Waals surface area contributed by atoms with E-state index >= 15 is 0 Å². The van der Waals surface area contributed by atoms with Crippen molar-refractivity contribution in [3.05, 3.63) is 81.8 Å². The summed E-state index contributed by atoms with van der Waals surface area (Å²) in [7, 11) is 1.56. The van der Waals surface area contributed by atoms with E-state index in [2.05, 4.69) is 0 Å². The van der Waals surface area contributed by atoms with Crippen LogP contribution in [0.25, 0.3) is 0 Å². The lowest BCUT2D eigenvalue weighted by molar-refractivity contribution is -0.135. The van der Waals surface area contributed by atoms with Crippen LogP contribution in [-0.4, -0.2) is 55.0 Å². The Morgan fingerprint density at radius 1 is 1.14 bits per heavy atom. The molecule has 1 atom stereocenters. The van der Waals surface area contributed by atoms with Crippen LogP contribution in [0.3, 0.4) is 0 Å². The fourth-order valence-corrected chi connectivity index (χ4v) is 5.22. The maximum absolute atomic E-state index is 13.5. The fraction of sp³-hybridized carbons (Fsp3) is 0.333. The fourth-order valence-electron chi connectivity index (χ4n) is 4.30. The molecule has 2 amide bonds. The monoisotopic (exact) mass is 496 g/mol. The predicted octanol–water partition coefficient (Wildman–Crippen LogP) is 4.95. The zero-order valence-corrected chi connectivity index (χ0v) is 20.7. The van der Waals surface area contributed by atoms with Crippen LogP contribution in [0, 0.1) is 5.82 Å². The first kappa shape index (κ1) is 24.7. The van der Waals surface area contributed by atoms with Gasteiger partial charge in [-0.3, -0.25) is 9.59 Å². The Hall–Kier alpha value is -3.39. The van der Waals surface area contributed by atoms with Gasteiger partial charge in [-0.15, -0.1) is 11.3 Å². The van der Waals surface area contributed by atoms with Gasteiger partial charge in [-0.2, -0.15) is 0 Å². The highest BCUT2D eigenvalue weighted by molar-refractivity contribution is 7.10. The van der Waals surface area contributed by atoms with Crippen molar-refractivity contribution in [1.82, 2.24) is 9.80 Å². The van der Waals surface area contributed by atoms with E-state index in [4.69, 9.17) is 9.47 Å². The Kier molecular flexibility index (Phi) is 8.02. The largest absolute Gasteiger partial charge is 0.497 e. The maximum atomic E-state index is 13.5. The lowest BCUT2D eigenvalue weighted by atomic mass is 10.0. The summed E-state index contributed by atoms with van der Waals surface area (Å²) in [6, 6.07) is 14.6. The molecule has 1 aliphatic rings. The predicted molar refractivity (Wildman–Crippen MR) is 134 cm³/mol. The number of nitrogens with zero attached hydrogens (tertiary/aromatic N) is 2. The Morgan fingerprint density at radius 3 is 2.69 bits per heavy atom. The molecule has 1 aromatic heterocycles. The van der Waals surface area contributed by atoms with Crippen molar-refractivity contribution in [3.63, 3.8) is 0 Å². The number of benzene rings is 2. The van der Waals surface area contributed by atoms with Crippen LogP contribution >= 0.6 is 11.3 Å². The van der Waals surface area contributed by atoms with Crippen LogP contribution < -0.4 is 9.47 Å². The molecule has 0 spiro atoms. The average molecular weight is 497 g/mol.